The molecule has 0 spiro atoms. The van der Waals surface area contributed by atoms with E-state index < -0.39 is 30.3 Å². The third-order valence-electron chi connectivity index (χ3n) is 5.29. The smallest absolute Gasteiger partial charge is 0.303 e. The molecule has 6 heteroatoms. The van der Waals surface area contributed by atoms with Gasteiger partial charge in [-0.1, -0.05) is 38.3 Å². The van der Waals surface area contributed by atoms with E-state index in [1.54, 1.807) is 18.2 Å². The molecule has 0 radical (unpaired) electrons. The number of halogens is 1. The van der Waals surface area contributed by atoms with E-state index in [-0.39, 0.29) is 24.2 Å². The lowest BCUT2D eigenvalue weighted by atomic mass is 9.89. The zero-order valence-corrected chi connectivity index (χ0v) is 15.4. The molecule has 0 bridgehead atoms. The first-order valence-electron chi connectivity index (χ1n) is 9.71. The Labute approximate surface area is 154 Å². The highest BCUT2D eigenvalue weighted by Gasteiger charge is 2.53. The molecule has 1 aliphatic heterocycles. The van der Waals surface area contributed by atoms with Crippen molar-refractivity contribution in [2.75, 3.05) is 0 Å². The lowest BCUT2D eigenvalue weighted by molar-refractivity contribution is -0.137. The van der Waals surface area contributed by atoms with Crippen LogP contribution >= 0.6 is 0 Å². The second kappa shape index (κ2) is 10.1. The van der Waals surface area contributed by atoms with Crippen LogP contribution in [-0.4, -0.2) is 45.8 Å². The summed E-state index contributed by atoms with van der Waals surface area (Å²) in [7, 11) is 0. The van der Waals surface area contributed by atoms with Crippen molar-refractivity contribution >= 4 is 5.97 Å². The fraction of sp³-hybridized carbons (Fsp3) is 0.750. The highest BCUT2D eigenvalue weighted by atomic mass is 19.1. The van der Waals surface area contributed by atoms with Crippen LogP contribution in [0.25, 0.3) is 0 Å². The van der Waals surface area contributed by atoms with Gasteiger partial charge in [0.15, 0.2) is 6.17 Å². The molecule has 2 rings (SSSR count). The van der Waals surface area contributed by atoms with Gasteiger partial charge < -0.3 is 20.1 Å². The number of carboxylic acid groups (broad SMARTS) is 1. The van der Waals surface area contributed by atoms with Gasteiger partial charge in [0.25, 0.3) is 0 Å². The largest absolute Gasteiger partial charge is 0.491 e. The third-order valence-corrected chi connectivity index (χ3v) is 5.29. The van der Waals surface area contributed by atoms with Crippen LogP contribution in [0, 0.1) is 11.8 Å². The number of ether oxygens (including phenoxy) is 1. The van der Waals surface area contributed by atoms with Crippen LogP contribution < -0.4 is 0 Å². The van der Waals surface area contributed by atoms with E-state index in [0.29, 0.717) is 25.7 Å². The fourth-order valence-electron chi connectivity index (χ4n) is 3.87. The Balaban J connectivity index is 1.91. The second-order valence-corrected chi connectivity index (χ2v) is 7.36. The number of aliphatic hydroxyl groups excluding tert-OH is 2. The summed E-state index contributed by atoms with van der Waals surface area (Å²) in [4.78, 5) is 10.5. The molecular formula is C20H31FO5. The van der Waals surface area contributed by atoms with Gasteiger partial charge in [-0.05, 0) is 25.3 Å². The van der Waals surface area contributed by atoms with E-state index in [1.807, 2.05) is 0 Å². The Morgan fingerprint density at radius 1 is 1.38 bits per heavy atom. The van der Waals surface area contributed by atoms with Crippen LogP contribution in [0.4, 0.5) is 4.39 Å². The molecule has 0 aromatic carbocycles. The maximum absolute atomic E-state index is 14.8. The number of fused-ring (bicyclic) bond motifs is 1. The number of carbonyl (C=O) groups is 1. The summed E-state index contributed by atoms with van der Waals surface area (Å²) in [6.07, 6.45) is 7.25. The predicted molar refractivity (Wildman–Crippen MR) is 96.2 cm³/mol. The quantitative estimate of drug-likeness (QED) is 0.405. The molecular weight excluding hydrogens is 339 g/mol. The van der Waals surface area contributed by atoms with Crippen molar-refractivity contribution in [3.05, 3.63) is 24.0 Å². The first-order chi connectivity index (χ1) is 12.4. The van der Waals surface area contributed by atoms with Crippen LogP contribution in [0.2, 0.25) is 0 Å². The van der Waals surface area contributed by atoms with Gasteiger partial charge in [0.05, 0.1) is 12.2 Å². The molecule has 1 heterocycles. The normalized spacial score (nSPS) is 33.5. The van der Waals surface area contributed by atoms with Gasteiger partial charge in [-0.15, -0.1) is 0 Å². The number of alkyl halides is 1. The molecule has 5 nitrogen and oxygen atoms in total. The zero-order chi connectivity index (χ0) is 19.1. The van der Waals surface area contributed by atoms with E-state index in [0.717, 1.165) is 19.3 Å². The van der Waals surface area contributed by atoms with Crippen LogP contribution in [0.15, 0.2) is 24.0 Å². The first-order valence-corrected chi connectivity index (χ1v) is 9.71. The number of rotatable bonds is 10. The van der Waals surface area contributed by atoms with Gasteiger partial charge >= 0.3 is 5.97 Å². The summed E-state index contributed by atoms with van der Waals surface area (Å²) >= 11 is 0. The molecule has 1 saturated heterocycles. The molecule has 1 unspecified atom stereocenters. The molecule has 2 fully saturated rings. The fourth-order valence-corrected chi connectivity index (χ4v) is 3.87. The lowest BCUT2D eigenvalue weighted by Crippen LogP contribution is -2.25. The van der Waals surface area contributed by atoms with Gasteiger partial charge in [-0.3, -0.25) is 4.79 Å². The molecule has 2 aliphatic rings. The summed E-state index contributed by atoms with van der Waals surface area (Å²) < 4.78 is 20.5. The van der Waals surface area contributed by atoms with Crippen LogP contribution in [0.3, 0.4) is 0 Å². The molecule has 0 aromatic heterocycles. The Bertz CT molecular complexity index is 518. The Hall–Kier alpha value is -1.40. The Morgan fingerprint density at radius 3 is 2.85 bits per heavy atom. The van der Waals surface area contributed by atoms with Crippen molar-refractivity contribution < 1.29 is 29.2 Å². The number of aliphatic hydroxyl groups is 2. The van der Waals surface area contributed by atoms with Gasteiger partial charge in [-0.2, -0.15) is 0 Å². The molecule has 3 N–H and O–H groups in total. The van der Waals surface area contributed by atoms with Crippen LogP contribution in [0.1, 0.15) is 58.3 Å². The summed E-state index contributed by atoms with van der Waals surface area (Å²) in [5.41, 5.74) is 0. The number of unbranched alkanes of at least 4 members (excludes halogenated alkanes) is 3. The minimum Gasteiger partial charge on any atom is -0.491 e. The molecule has 148 valence electrons. The van der Waals surface area contributed by atoms with Gasteiger partial charge in [0.2, 0.25) is 0 Å². The van der Waals surface area contributed by atoms with Crippen molar-refractivity contribution in [1.29, 1.82) is 0 Å². The monoisotopic (exact) mass is 370 g/mol. The van der Waals surface area contributed by atoms with Crippen LogP contribution in [0.5, 0.6) is 0 Å². The summed E-state index contributed by atoms with van der Waals surface area (Å²) in [5, 5.41) is 28.9. The Morgan fingerprint density at radius 2 is 2.15 bits per heavy atom. The highest BCUT2D eigenvalue weighted by Crippen LogP contribution is 2.47. The average molecular weight is 370 g/mol. The van der Waals surface area contributed by atoms with Gasteiger partial charge in [0.1, 0.15) is 11.9 Å². The summed E-state index contributed by atoms with van der Waals surface area (Å²) in [6.45, 7) is 2.10. The minimum absolute atomic E-state index is 0.0492. The SMILES string of the molecule is CCCCC[C@H](O)/C=C/[C@@H]1[C@H]2C(F)/C(=C/CCCC(=O)O)O[C@@H]2C[C@H]1O. The molecule has 0 amide bonds. The van der Waals surface area contributed by atoms with E-state index >= 15 is 0 Å². The number of allylic oxidation sites excluding steroid dienone is 2. The van der Waals surface area contributed by atoms with E-state index in [9.17, 15) is 19.4 Å². The zero-order valence-electron chi connectivity index (χ0n) is 15.4. The van der Waals surface area contributed by atoms with Crippen LogP contribution in [-0.2, 0) is 9.53 Å². The summed E-state index contributed by atoms with van der Waals surface area (Å²) in [6, 6.07) is 0. The van der Waals surface area contributed by atoms with Crippen molar-refractivity contribution in [3.8, 4) is 0 Å². The van der Waals surface area contributed by atoms with Gasteiger partial charge in [-0.25, -0.2) is 4.39 Å². The van der Waals surface area contributed by atoms with Gasteiger partial charge in [0, 0.05) is 24.7 Å². The second-order valence-electron chi connectivity index (χ2n) is 7.36. The standard InChI is InChI=1S/C20H31FO5/c1-2-3-4-7-13(22)10-11-14-15(23)12-17-19(14)20(21)16(26-17)8-5-6-9-18(24)25/h8,10-11,13-15,17,19-20,22-23H,2-7,9,12H2,1H3,(H,24,25)/b11-10+,16-8-/t13-,14-,15+,17+,19+,20?/m0/s1. The van der Waals surface area contributed by atoms with E-state index in [4.69, 9.17) is 9.84 Å². The summed E-state index contributed by atoms with van der Waals surface area (Å²) in [5.74, 6) is -1.43. The van der Waals surface area contributed by atoms with Crippen molar-refractivity contribution in [1.82, 2.24) is 0 Å². The molecule has 0 aromatic rings. The molecule has 1 aliphatic carbocycles. The number of hydrogen-bond donors (Lipinski definition) is 3. The molecule has 26 heavy (non-hydrogen) atoms. The Kier molecular flexibility index (Phi) is 8.10. The number of hydrogen-bond acceptors (Lipinski definition) is 4. The third kappa shape index (κ3) is 5.55. The number of carboxylic acids is 1. The maximum Gasteiger partial charge on any atom is 0.303 e. The van der Waals surface area contributed by atoms with Crippen molar-refractivity contribution in [2.24, 2.45) is 11.8 Å². The topological polar surface area (TPSA) is 87.0 Å². The number of aliphatic carboxylic acids is 1. The maximum atomic E-state index is 14.8. The average Bonchev–Trinajstić information content (AvgIpc) is 3.05. The first kappa shape index (κ1) is 20.9. The predicted octanol–water partition coefficient (Wildman–Crippen LogP) is 3.36. The van der Waals surface area contributed by atoms with E-state index in [1.165, 1.54) is 0 Å². The van der Waals surface area contributed by atoms with Crippen molar-refractivity contribution in [3.63, 3.8) is 0 Å². The lowest BCUT2D eigenvalue weighted by Gasteiger charge is -2.18. The van der Waals surface area contributed by atoms with E-state index in [2.05, 4.69) is 6.92 Å². The minimum atomic E-state index is -1.30. The molecule has 1 saturated carbocycles. The van der Waals surface area contributed by atoms with Crippen molar-refractivity contribution in [2.45, 2.75) is 82.8 Å². The molecule has 6 atom stereocenters. The highest BCUT2D eigenvalue weighted by molar-refractivity contribution is 5.66.